The zero-order valence-corrected chi connectivity index (χ0v) is 14.9. The van der Waals surface area contributed by atoms with Crippen LogP contribution in [-0.4, -0.2) is 9.97 Å². The molecule has 3 rings (SSSR count). The van der Waals surface area contributed by atoms with Crippen LogP contribution in [0.3, 0.4) is 0 Å². The van der Waals surface area contributed by atoms with Crippen LogP contribution in [0.15, 0.2) is 27.1 Å². The molecule has 0 fully saturated rings. The summed E-state index contributed by atoms with van der Waals surface area (Å²) >= 11 is 8.68. The van der Waals surface area contributed by atoms with Crippen molar-refractivity contribution in [3.8, 4) is 10.7 Å². The van der Waals surface area contributed by atoms with Crippen LogP contribution in [0.5, 0.6) is 0 Å². The van der Waals surface area contributed by atoms with Gasteiger partial charge in [0.2, 0.25) is 0 Å². The van der Waals surface area contributed by atoms with Crippen LogP contribution >= 0.6 is 43.2 Å². The van der Waals surface area contributed by atoms with Crippen molar-refractivity contribution in [2.75, 3.05) is 5.73 Å². The molecule has 2 heterocycles. The number of nitrogen functional groups attached to an aromatic ring is 1. The quantitative estimate of drug-likeness (QED) is 0.606. The summed E-state index contributed by atoms with van der Waals surface area (Å²) in [5.41, 5.74) is 8.17. The largest absolute Gasteiger partial charge is 0.383 e. The fourth-order valence-electron chi connectivity index (χ4n) is 1.97. The SMILES string of the molecule is Cc1cc(-c2nc(N)c3cc(Br)cc(Br)c3n2)sc1C. The van der Waals surface area contributed by atoms with Crippen molar-refractivity contribution in [2.24, 2.45) is 0 Å². The Hall–Kier alpha value is -0.980. The molecule has 20 heavy (non-hydrogen) atoms. The number of hydrogen-bond acceptors (Lipinski definition) is 4. The van der Waals surface area contributed by atoms with E-state index in [1.807, 2.05) is 12.1 Å². The highest BCUT2D eigenvalue weighted by Gasteiger charge is 2.13. The predicted octanol–water partition coefficient (Wildman–Crippen LogP) is 5.08. The number of hydrogen-bond donors (Lipinski definition) is 1. The molecule has 3 aromatic rings. The lowest BCUT2D eigenvalue weighted by Crippen LogP contribution is -1.97. The van der Waals surface area contributed by atoms with E-state index in [-0.39, 0.29) is 0 Å². The molecular formula is C14H11Br2N3S. The Balaban J connectivity index is 2.29. The van der Waals surface area contributed by atoms with Gasteiger partial charge in [0.15, 0.2) is 5.82 Å². The van der Waals surface area contributed by atoms with Gasteiger partial charge in [-0.1, -0.05) is 15.9 Å². The summed E-state index contributed by atoms with van der Waals surface area (Å²) in [6.07, 6.45) is 0. The molecule has 6 heteroatoms. The second-order valence-electron chi connectivity index (χ2n) is 4.57. The Labute approximate surface area is 137 Å². The summed E-state index contributed by atoms with van der Waals surface area (Å²) in [7, 11) is 0. The smallest absolute Gasteiger partial charge is 0.172 e. The highest BCUT2D eigenvalue weighted by Crippen LogP contribution is 2.34. The zero-order chi connectivity index (χ0) is 14.4. The van der Waals surface area contributed by atoms with Crippen molar-refractivity contribution < 1.29 is 0 Å². The zero-order valence-electron chi connectivity index (χ0n) is 10.9. The summed E-state index contributed by atoms with van der Waals surface area (Å²) in [5, 5.41) is 0.847. The number of halogens is 2. The lowest BCUT2D eigenvalue weighted by Gasteiger charge is -2.06. The number of anilines is 1. The first-order valence-corrected chi connectivity index (χ1v) is 8.35. The van der Waals surface area contributed by atoms with E-state index < -0.39 is 0 Å². The molecule has 2 N–H and O–H groups in total. The lowest BCUT2D eigenvalue weighted by molar-refractivity contribution is 1.24. The number of nitrogens with two attached hydrogens (primary N) is 1. The molecular weight excluding hydrogens is 402 g/mol. The number of benzene rings is 1. The minimum absolute atomic E-state index is 0.496. The molecule has 0 amide bonds. The Kier molecular flexibility index (Phi) is 3.56. The summed E-state index contributed by atoms with van der Waals surface area (Å²) in [6.45, 7) is 4.19. The summed E-state index contributed by atoms with van der Waals surface area (Å²) in [6, 6.07) is 6.00. The van der Waals surface area contributed by atoms with E-state index in [2.05, 4.69) is 61.7 Å². The Morgan fingerprint density at radius 2 is 1.85 bits per heavy atom. The molecule has 0 unspecified atom stereocenters. The molecule has 1 aromatic carbocycles. The number of thiophene rings is 1. The van der Waals surface area contributed by atoms with Gasteiger partial charge in [-0.05, 0) is 53.5 Å². The first kappa shape index (κ1) is 14.0. The number of rotatable bonds is 1. The molecule has 0 saturated heterocycles. The molecule has 0 atom stereocenters. The van der Waals surface area contributed by atoms with E-state index in [0.29, 0.717) is 11.6 Å². The van der Waals surface area contributed by atoms with E-state index in [4.69, 9.17) is 5.73 Å². The number of nitrogens with zero attached hydrogens (tertiary/aromatic N) is 2. The molecule has 3 nitrogen and oxygen atoms in total. The van der Waals surface area contributed by atoms with Gasteiger partial charge >= 0.3 is 0 Å². The maximum atomic E-state index is 6.09. The second kappa shape index (κ2) is 5.09. The van der Waals surface area contributed by atoms with E-state index >= 15 is 0 Å². The van der Waals surface area contributed by atoms with Crippen molar-refractivity contribution in [3.05, 3.63) is 37.6 Å². The van der Waals surface area contributed by atoms with Crippen molar-refractivity contribution >= 4 is 59.9 Å². The molecule has 0 aliphatic carbocycles. The molecule has 0 bridgehead atoms. The van der Waals surface area contributed by atoms with Gasteiger partial charge in [0.05, 0.1) is 10.4 Å². The van der Waals surface area contributed by atoms with Crippen molar-refractivity contribution in [2.45, 2.75) is 13.8 Å². The van der Waals surface area contributed by atoms with Gasteiger partial charge in [-0.2, -0.15) is 0 Å². The van der Waals surface area contributed by atoms with Crippen LogP contribution in [0.4, 0.5) is 5.82 Å². The van der Waals surface area contributed by atoms with E-state index in [0.717, 1.165) is 24.7 Å². The van der Waals surface area contributed by atoms with Gasteiger partial charge in [0.25, 0.3) is 0 Å². The fourth-order valence-corrected chi connectivity index (χ4v) is 4.26. The topological polar surface area (TPSA) is 51.8 Å². The Morgan fingerprint density at radius 1 is 1.10 bits per heavy atom. The van der Waals surface area contributed by atoms with E-state index in [9.17, 15) is 0 Å². The molecule has 0 saturated carbocycles. The minimum atomic E-state index is 0.496. The molecule has 2 aromatic heterocycles. The van der Waals surface area contributed by atoms with Crippen molar-refractivity contribution in [1.29, 1.82) is 0 Å². The van der Waals surface area contributed by atoms with Crippen LogP contribution in [0, 0.1) is 13.8 Å². The number of fused-ring (bicyclic) bond motifs is 1. The molecule has 0 radical (unpaired) electrons. The van der Waals surface area contributed by atoms with E-state index in [1.165, 1.54) is 10.4 Å². The maximum Gasteiger partial charge on any atom is 0.172 e. The fraction of sp³-hybridized carbons (Fsp3) is 0.143. The second-order valence-corrected chi connectivity index (χ2v) is 7.59. The minimum Gasteiger partial charge on any atom is -0.383 e. The van der Waals surface area contributed by atoms with Crippen molar-refractivity contribution in [3.63, 3.8) is 0 Å². The summed E-state index contributed by atoms with van der Waals surface area (Å²) in [4.78, 5) is 11.4. The number of aromatic nitrogens is 2. The molecule has 102 valence electrons. The predicted molar refractivity (Wildman–Crippen MR) is 92.1 cm³/mol. The van der Waals surface area contributed by atoms with Gasteiger partial charge in [-0.15, -0.1) is 11.3 Å². The normalized spacial score (nSPS) is 11.2. The van der Waals surface area contributed by atoms with Gasteiger partial charge in [-0.3, -0.25) is 0 Å². The van der Waals surface area contributed by atoms with Crippen LogP contribution in [-0.2, 0) is 0 Å². The standard InChI is InChI=1S/C14H11Br2N3S/c1-6-3-11(20-7(6)2)14-18-12-9(13(17)19-14)4-8(15)5-10(12)16/h3-5H,1-2H3,(H2,17,18,19). The first-order chi connectivity index (χ1) is 9.45. The Morgan fingerprint density at radius 3 is 2.50 bits per heavy atom. The lowest BCUT2D eigenvalue weighted by atomic mass is 10.2. The average molecular weight is 413 g/mol. The first-order valence-electron chi connectivity index (χ1n) is 5.95. The van der Waals surface area contributed by atoms with Crippen molar-refractivity contribution in [1.82, 2.24) is 9.97 Å². The number of aryl methyl sites for hydroxylation is 2. The van der Waals surface area contributed by atoms with Gasteiger partial charge in [0, 0.05) is 19.2 Å². The maximum absolute atomic E-state index is 6.09. The highest BCUT2D eigenvalue weighted by molar-refractivity contribution is 9.11. The summed E-state index contributed by atoms with van der Waals surface area (Å²) < 4.78 is 1.85. The van der Waals surface area contributed by atoms with Crippen LogP contribution in [0.1, 0.15) is 10.4 Å². The third kappa shape index (κ3) is 2.36. The van der Waals surface area contributed by atoms with Crippen LogP contribution < -0.4 is 5.73 Å². The monoisotopic (exact) mass is 411 g/mol. The molecule has 0 aliphatic rings. The molecule has 0 spiro atoms. The van der Waals surface area contributed by atoms with Gasteiger partial charge in [-0.25, -0.2) is 9.97 Å². The van der Waals surface area contributed by atoms with Crippen LogP contribution in [0.25, 0.3) is 21.6 Å². The van der Waals surface area contributed by atoms with E-state index in [1.54, 1.807) is 11.3 Å². The third-order valence-electron chi connectivity index (χ3n) is 3.13. The highest BCUT2D eigenvalue weighted by atomic mass is 79.9. The molecule has 0 aliphatic heterocycles. The van der Waals surface area contributed by atoms with Gasteiger partial charge < -0.3 is 5.73 Å². The van der Waals surface area contributed by atoms with Crippen LogP contribution in [0.2, 0.25) is 0 Å². The van der Waals surface area contributed by atoms with Gasteiger partial charge in [0.1, 0.15) is 5.82 Å². The Bertz CT molecular complexity index is 807. The third-order valence-corrected chi connectivity index (χ3v) is 5.35. The average Bonchev–Trinajstić information content (AvgIpc) is 2.71. The summed E-state index contributed by atoms with van der Waals surface area (Å²) in [5.74, 6) is 1.18.